The van der Waals surface area contributed by atoms with Crippen LogP contribution in [0.1, 0.15) is 0 Å². The number of rotatable bonds is 2. The van der Waals surface area contributed by atoms with Gasteiger partial charge in [-0.25, -0.2) is 9.97 Å². The quantitative estimate of drug-likeness (QED) is 0.605. The summed E-state index contributed by atoms with van der Waals surface area (Å²) < 4.78 is 1.52. The van der Waals surface area contributed by atoms with E-state index in [1.165, 1.54) is 4.52 Å². The second kappa shape index (κ2) is 4.88. The van der Waals surface area contributed by atoms with Crippen LogP contribution in [0, 0.1) is 0 Å². The zero-order valence-electron chi connectivity index (χ0n) is 11.5. The summed E-state index contributed by atoms with van der Waals surface area (Å²) in [6.07, 6.45) is 4.78. The number of nitrogen functional groups attached to an aromatic ring is 1. The van der Waals surface area contributed by atoms with Crippen LogP contribution in [0.25, 0.3) is 28.4 Å². The molecule has 0 radical (unpaired) electrons. The van der Waals surface area contributed by atoms with Gasteiger partial charge in [0.25, 0.3) is 0 Å². The van der Waals surface area contributed by atoms with Crippen molar-refractivity contribution in [1.82, 2.24) is 29.5 Å². The van der Waals surface area contributed by atoms with E-state index in [-0.39, 0.29) is 5.95 Å². The number of nitrogens with two attached hydrogens (primary N) is 1. The SMILES string of the molecule is Nc1nc(-c2cnccn2)nc2cc(-c3ccccc3)nn12. The summed E-state index contributed by atoms with van der Waals surface area (Å²) in [5.74, 6) is 0.686. The fraction of sp³-hybridized carbons (Fsp3) is 0. The molecule has 0 amide bonds. The molecule has 4 rings (SSSR count). The molecule has 0 spiro atoms. The minimum Gasteiger partial charge on any atom is -0.368 e. The molecule has 0 fully saturated rings. The van der Waals surface area contributed by atoms with Gasteiger partial charge in [0, 0.05) is 24.0 Å². The lowest BCUT2D eigenvalue weighted by atomic mass is 10.2. The third kappa shape index (κ3) is 2.05. The van der Waals surface area contributed by atoms with Crippen LogP contribution in [-0.4, -0.2) is 29.5 Å². The molecule has 22 heavy (non-hydrogen) atoms. The molecule has 2 N–H and O–H groups in total. The van der Waals surface area contributed by atoms with Crippen molar-refractivity contribution in [3.8, 4) is 22.8 Å². The number of nitrogens with zero attached hydrogens (tertiary/aromatic N) is 6. The first-order valence-corrected chi connectivity index (χ1v) is 6.66. The van der Waals surface area contributed by atoms with E-state index in [1.807, 2.05) is 36.4 Å². The molecular formula is C15H11N7. The average molecular weight is 289 g/mol. The fourth-order valence-electron chi connectivity index (χ4n) is 2.19. The van der Waals surface area contributed by atoms with E-state index >= 15 is 0 Å². The molecule has 1 aromatic carbocycles. The van der Waals surface area contributed by atoms with Crippen molar-refractivity contribution < 1.29 is 0 Å². The number of hydrogen-bond donors (Lipinski definition) is 1. The van der Waals surface area contributed by atoms with Gasteiger partial charge in [0.05, 0.1) is 11.9 Å². The lowest BCUT2D eigenvalue weighted by Crippen LogP contribution is -2.05. The Morgan fingerprint density at radius 2 is 1.82 bits per heavy atom. The monoisotopic (exact) mass is 289 g/mol. The Hall–Kier alpha value is -3.35. The Morgan fingerprint density at radius 1 is 0.955 bits per heavy atom. The number of anilines is 1. The summed E-state index contributed by atoms with van der Waals surface area (Å²) in [7, 11) is 0. The van der Waals surface area contributed by atoms with E-state index in [4.69, 9.17) is 5.73 Å². The highest BCUT2D eigenvalue weighted by atomic mass is 15.3. The number of benzene rings is 1. The topological polar surface area (TPSA) is 94.9 Å². The lowest BCUT2D eigenvalue weighted by molar-refractivity contribution is 0.913. The van der Waals surface area contributed by atoms with E-state index in [1.54, 1.807) is 18.6 Å². The van der Waals surface area contributed by atoms with Crippen molar-refractivity contribution in [2.24, 2.45) is 0 Å². The molecule has 0 saturated heterocycles. The van der Waals surface area contributed by atoms with E-state index < -0.39 is 0 Å². The van der Waals surface area contributed by atoms with Crippen molar-refractivity contribution in [2.45, 2.75) is 0 Å². The summed E-state index contributed by atoms with van der Waals surface area (Å²) in [4.78, 5) is 16.9. The predicted octanol–water partition coefficient (Wildman–Crippen LogP) is 1.83. The van der Waals surface area contributed by atoms with Crippen molar-refractivity contribution in [1.29, 1.82) is 0 Å². The van der Waals surface area contributed by atoms with E-state index in [9.17, 15) is 0 Å². The molecule has 106 valence electrons. The van der Waals surface area contributed by atoms with Crippen molar-refractivity contribution in [3.63, 3.8) is 0 Å². The van der Waals surface area contributed by atoms with Crippen molar-refractivity contribution in [2.75, 3.05) is 5.73 Å². The van der Waals surface area contributed by atoms with Gasteiger partial charge in [0.1, 0.15) is 5.69 Å². The zero-order chi connectivity index (χ0) is 14.9. The molecule has 0 saturated carbocycles. The molecule has 0 atom stereocenters. The average Bonchev–Trinajstić information content (AvgIpc) is 3.01. The van der Waals surface area contributed by atoms with Gasteiger partial charge in [-0.05, 0) is 0 Å². The Labute approximate surface area is 125 Å². The van der Waals surface area contributed by atoms with Gasteiger partial charge in [-0.3, -0.25) is 4.98 Å². The minimum absolute atomic E-state index is 0.257. The second-order valence-corrected chi connectivity index (χ2v) is 4.66. The third-order valence-corrected chi connectivity index (χ3v) is 3.21. The Morgan fingerprint density at radius 3 is 2.59 bits per heavy atom. The minimum atomic E-state index is 0.257. The molecule has 0 unspecified atom stereocenters. The summed E-state index contributed by atoms with van der Waals surface area (Å²) in [6, 6.07) is 11.7. The number of aromatic nitrogens is 6. The van der Waals surface area contributed by atoms with Crippen LogP contribution in [0.4, 0.5) is 5.95 Å². The Bertz CT molecular complexity index is 932. The van der Waals surface area contributed by atoms with Crippen molar-refractivity contribution in [3.05, 3.63) is 55.0 Å². The first kappa shape index (κ1) is 12.4. The molecule has 7 nitrogen and oxygen atoms in total. The van der Waals surface area contributed by atoms with E-state index in [0.717, 1.165) is 11.3 Å². The zero-order valence-corrected chi connectivity index (χ0v) is 11.5. The lowest BCUT2D eigenvalue weighted by Gasteiger charge is -2.01. The van der Waals surface area contributed by atoms with E-state index in [2.05, 4.69) is 25.0 Å². The van der Waals surface area contributed by atoms with Crippen LogP contribution in [0.15, 0.2) is 55.0 Å². The first-order chi connectivity index (χ1) is 10.8. The molecule has 0 aliphatic rings. The Kier molecular flexibility index (Phi) is 2.75. The van der Waals surface area contributed by atoms with Gasteiger partial charge in [-0.1, -0.05) is 30.3 Å². The number of hydrogen-bond acceptors (Lipinski definition) is 6. The predicted molar refractivity (Wildman–Crippen MR) is 81.7 cm³/mol. The molecule has 0 aliphatic heterocycles. The molecule has 3 aromatic heterocycles. The molecule has 0 bridgehead atoms. The van der Waals surface area contributed by atoms with Gasteiger partial charge >= 0.3 is 0 Å². The maximum atomic E-state index is 5.99. The molecule has 7 heteroatoms. The Balaban J connectivity index is 1.88. The highest BCUT2D eigenvalue weighted by molar-refractivity contribution is 5.66. The maximum absolute atomic E-state index is 5.99. The van der Waals surface area contributed by atoms with Crippen LogP contribution in [0.5, 0.6) is 0 Å². The van der Waals surface area contributed by atoms with Gasteiger partial charge < -0.3 is 5.73 Å². The molecule has 0 aliphatic carbocycles. The van der Waals surface area contributed by atoms with Gasteiger partial charge in [0.2, 0.25) is 5.95 Å². The molecule has 4 aromatic rings. The van der Waals surface area contributed by atoms with E-state index in [0.29, 0.717) is 17.2 Å². The van der Waals surface area contributed by atoms with Crippen LogP contribution in [-0.2, 0) is 0 Å². The summed E-state index contributed by atoms with van der Waals surface area (Å²) in [5, 5.41) is 4.45. The molecule has 3 heterocycles. The van der Waals surface area contributed by atoms with Gasteiger partial charge in [-0.2, -0.15) is 14.6 Å². The normalized spacial score (nSPS) is 10.9. The van der Waals surface area contributed by atoms with Crippen molar-refractivity contribution >= 4 is 11.6 Å². The second-order valence-electron chi connectivity index (χ2n) is 4.66. The molecular weight excluding hydrogens is 278 g/mol. The van der Waals surface area contributed by atoms with Crippen LogP contribution in [0.2, 0.25) is 0 Å². The smallest absolute Gasteiger partial charge is 0.225 e. The summed E-state index contributed by atoms with van der Waals surface area (Å²) >= 11 is 0. The van der Waals surface area contributed by atoms with Crippen LogP contribution < -0.4 is 5.73 Å². The maximum Gasteiger partial charge on any atom is 0.225 e. The van der Waals surface area contributed by atoms with Gasteiger partial charge in [-0.15, -0.1) is 0 Å². The van der Waals surface area contributed by atoms with Gasteiger partial charge in [0.15, 0.2) is 11.5 Å². The number of fused-ring (bicyclic) bond motifs is 1. The highest BCUT2D eigenvalue weighted by Crippen LogP contribution is 2.21. The summed E-state index contributed by atoms with van der Waals surface area (Å²) in [6.45, 7) is 0. The first-order valence-electron chi connectivity index (χ1n) is 6.66. The summed E-state index contributed by atoms with van der Waals surface area (Å²) in [5.41, 5.74) is 8.96. The third-order valence-electron chi connectivity index (χ3n) is 3.21. The highest BCUT2D eigenvalue weighted by Gasteiger charge is 2.12. The fourth-order valence-corrected chi connectivity index (χ4v) is 2.19. The van der Waals surface area contributed by atoms with Crippen LogP contribution in [0.3, 0.4) is 0 Å². The standard InChI is InChI=1S/C15H11N7/c16-15-20-14(12-9-17-6-7-18-12)19-13-8-11(21-22(13)15)10-4-2-1-3-5-10/h1-9H,(H2,16,19,20). The van der Waals surface area contributed by atoms with Crippen LogP contribution >= 0.6 is 0 Å². The largest absolute Gasteiger partial charge is 0.368 e.